The van der Waals surface area contributed by atoms with E-state index in [1.54, 1.807) is 12.1 Å². The lowest BCUT2D eigenvalue weighted by atomic mass is 10.2. The SMILES string of the molecule is Cc1ccc(NC(=O)COc2ccc(CNc3ccccc3Cl)cc2Br)cc1Cl. The minimum absolute atomic E-state index is 0.110. The molecule has 4 nitrogen and oxygen atoms in total. The van der Waals surface area contributed by atoms with Gasteiger partial charge in [-0.2, -0.15) is 0 Å². The quantitative estimate of drug-likeness (QED) is 0.385. The predicted octanol–water partition coefficient (Wildman–Crippen LogP) is 6.69. The minimum atomic E-state index is -0.263. The van der Waals surface area contributed by atoms with Gasteiger partial charge in [-0.3, -0.25) is 4.79 Å². The highest BCUT2D eigenvalue weighted by Crippen LogP contribution is 2.27. The average molecular weight is 494 g/mol. The Balaban J connectivity index is 1.54. The van der Waals surface area contributed by atoms with Gasteiger partial charge in [0, 0.05) is 17.3 Å². The van der Waals surface area contributed by atoms with E-state index in [1.807, 2.05) is 55.5 Å². The molecule has 0 heterocycles. The Morgan fingerprint density at radius 3 is 2.55 bits per heavy atom. The monoisotopic (exact) mass is 492 g/mol. The number of aryl methyl sites for hydroxylation is 1. The largest absolute Gasteiger partial charge is 0.483 e. The van der Waals surface area contributed by atoms with Crippen molar-refractivity contribution >= 4 is 56.4 Å². The fraction of sp³-hybridized carbons (Fsp3) is 0.136. The third-order valence-corrected chi connectivity index (χ3v) is 5.52. The molecule has 0 saturated heterocycles. The molecule has 2 N–H and O–H groups in total. The number of halogens is 3. The lowest BCUT2D eigenvalue weighted by Crippen LogP contribution is -2.20. The third-order valence-electron chi connectivity index (χ3n) is 4.17. The van der Waals surface area contributed by atoms with Gasteiger partial charge in [-0.1, -0.05) is 47.5 Å². The zero-order valence-electron chi connectivity index (χ0n) is 15.6. The van der Waals surface area contributed by atoms with Gasteiger partial charge in [0.15, 0.2) is 6.61 Å². The molecule has 0 spiro atoms. The van der Waals surface area contributed by atoms with Crippen LogP contribution >= 0.6 is 39.1 Å². The van der Waals surface area contributed by atoms with Gasteiger partial charge in [0.1, 0.15) is 5.75 Å². The molecule has 3 aromatic rings. The summed E-state index contributed by atoms with van der Waals surface area (Å²) in [6.07, 6.45) is 0. The van der Waals surface area contributed by atoms with Crippen LogP contribution in [0.2, 0.25) is 10.0 Å². The smallest absolute Gasteiger partial charge is 0.262 e. The number of carbonyl (C=O) groups excluding carboxylic acids is 1. The van der Waals surface area contributed by atoms with E-state index in [9.17, 15) is 4.79 Å². The highest BCUT2D eigenvalue weighted by atomic mass is 79.9. The van der Waals surface area contributed by atoms with Crippen molar-refractivity contribution in [3.63, 3.8) is 0 Å². The van der Waals surface area contributed by atoms with Crippen molar-refractivity contribution < 1.29 is 9.53 Å². The predicted molar refractivity (Wildman–Crippen MR) is 123 cm³/mol. The topological polar surface area (TPSA) is 50.4 Å². The second-order valence-corrected chi connectivity index (χ2v) is 8.07. The van der Waals surface area contributed by atoms with Crippen molar-refractivity contribution in [2.24, 2.45) is 0 Å². The van der Waals surface area contributed by atoms with Gasteiger partial charge in [-0.05, 0) is 70.4 Å². The van der Waals surface area contributed by atoms with E-state index < -0.39 is 0 Å². The summed E-state index contributed by atoms with van der Waals surface area (Å²) >= 11 is 15.7. The standard InChI is InChI=1S/C22H19BrCl2N2O2/c1-14-6-8-16(11-19(14)25)27-22(28)13-29-21-9-7-15(10-17(21)23)12-26-20-5-3-2-4-18(20)24/h2-11,26H,12-13H2,1H3,(H,27,28). The molecule has 0 atom stereocenters. The van der Waals surface area contributed by atoms with Crippen LogP contribution in [0.1, 0.15) is 11.1 Å². The van der Waals surface area contributed by atoms with Crippen LogP contribution in [-0.4, -0.2) is 12.5 Å². The number of ether oxygens (including phenoxy) is 1. The molecule has 3 aromatic carbocycles. The molecule has 3 rings (SSSR count). The summed E-state index contributed by atoms with van der Waals surface area (Å²) in [6.45, 7) is 2.40. The summed E-state index contributed by atoms with van der Waals surface area (Å²) in [5, 5.41) is 7.34. The first-order valence-electron chi connectivity index (χ1n) is 8.88. The normalized spacial score (nSPS) is 10.5. The molecule has 29 heavy (non-hydrogen) atoms. The van der Waals surface area contributed by atoms with Crippen molar-refractivity contribution in [1.29, 1.82) is 0 Å². The Morgan fingerprint density at radius 1 is 1.03 bits per heavy atom. The highest BCUT2D eigenvalue weighted by molar-refractivity contribution is 9.10. The second kappa shape index (κ2) is 10.0. The molecule has 1 amide bonds. The van der Waals surface area contributed by atoms with E-state index in [1.165, 1.54) is 0 Å². The average Bonchev–Trinajstić information content (AvgIpc) is 2.69. The summed E-state index contributed by atoms with van der Waals surface area (Å²) < 4.78 is 6.39. The van der Waals surface area contributed by atoms with E-state index in [2.05, 4.69) is 26.6 Å². The van der Waals surface area contributed by atoms with Gasteiger partial charge in [0.2, 0.25) is 0 Å². The molecule has 0 aliphatic carbocycles. The molecule has 7 heteroatoms. The molecule has 0 unspecified atom stereocenters. The molecule has 0 aliphatic heterocycles. The van der Waals surface area contributed by atoms with Gasteiger partial charge < -0.3 is 15.4 Å². The van der Waals surface area contributed by atoms with Gasteiger partial charge >= 0.3 is 0 Å². The van der Waals surface area contributed by atoms with E-state index in [0.29, 0.717) is 28.0 Å². The molecule has 0 aliphatic rings. The molecule has 0 radical (unpaired) electrons. The lowest BCUT2D eigenvalue weighted by molar-refractivity contribution is -0.118. The molecule has 0 bridgehead atoms. The van der Waals surface area contributed by atoms with Crippen molar-refractivity contribution in [2.45, 2.75) is 13.5 Å². The Hall–Kier alpha value is -2.21. The maximum Gasteiger partial charge on any atom is 0.262 e. The van der Waals surface area contributed by atoms with Crippen molar-refractivity contribution in [1.82, 2.24) is 0 Å². The van der Waals surface area contributed by atoms with E-state index in [0.717, 1.165) is 21.3 Å². The number of carbonyl (C=O) groups is 1. The number of hydrogen-bond donors (Lipinski definition) is 2. The van der Waals surface area contributed by atoms with Crippen molar-refractivity contribution in [2.75, 3.05) is 17.2 Å². The number of benzene rings is 3. The molecule has 0 aromatic heterocycles. The maximum atomic E-state index is 12.1. The first-order chi connectivity index (χ1) is 13.9. The molecule has 150 valence electrons. The van der Waals surface area contributed by atoms with Crippen LogP contribution < -0.4 is 15.4 Å². The lowest BCUT2D eigenvalue weighted by Gasteiger charge is -2.12. The van der Waals surface area contributed by atoms with Gasteiger partial charge in [-0.15, -0.1) is 0 Å². The first kappa shape index (κ1) is 21.5. The van der Waals surface area contributed by atoms with Crippen molar-refractivity contribution in [3.05, 3.63) is 86.3 Å². The van der Waals surface area contributed by atoms with Gasteiger partial charge in [0.25, 0.3) is 5.91 Å². The summed E-state index contributed by atoms with van der Waals surface area (Å²) in [6, 6.07) is 18.6. The van der Waals surface area contributed by atoms with Crippen LogP contribution in [0, 0.1) is 6.92 Å². The minimum Gasteiger partial charge on any atom is -0.483 e. The van der Waals surface area contributed by atoms with Crippen molar-refractivity contribution in [3.8, 4) is 5.75 Å². The van der Waals surface area contributed by atoms with Crippen LogP contribution in [0.4, 0.5) is 11.4 Å². The van der Waals surface area contributed by atoms with Crippen LogP contribution in [-0.2, 0) is 11.3 Å². The zero-order chi connectivity index (χ0) is 20.8. The number of hydrogen-bond acceptors (Lipinski definition) is 3. The Labute approximate surface area is 188 Å². The van der Waals surface area contributed by atoms with E-state index >= 15 is 0 Å². The summed E-state index contributed by atoms with van der Waals surface area (Å²) in [5.74, 6) is 0.324. The number of rotatable bonds is 7. The molecule has 0 saturated carbocycles. The fourth-order valence-electron chi connectivity index (χ4n) is 2.58. The Kier molecular flexibility index (Phi) is 7.42. The summed E-state index contributed by atoms with van der Waals surface area (Å²) in [5.41, 5.74) is 3.50. The zero-order valence-corrected chi connectivity index (χ0v) is 18.7. The van der Waals surface area contributed by atoms with Gasteiger partial charge in [0.05, 0.1) is 15.2 Å². The Morgan fingerprint density at radius 2 is 1.83 bits per heavy atom. The molecule has 0 fully saturated rings. The number of amides is 1. The number of para-hydroxylation sites is 1. The summed E-state index contributed by atoms with van der Waals surface area (Å²) in [4.78, 5) is 12.1. The van der Waals surface area contributed by atoms with Gasteiger partial charge in [-0.25, -0.2) is 0 Å². The van der Waals surface area contributed by atoms with E-state index in [-0.39, 0.29) is 12.5 Å². The van der Waals surface area contributed by atoms with Crippen LogP contribution in [0.3, 0.4) is 0 Å². The highest BCUT2D eigenvalue weighted by Gasteiger charge is 2.08. The van der Waals surface area contributed by atoms with Crippen LogP contribution in [0.5, 0.6) is 5.75 Å². The number of anilines is 2. The van der Waals surface area contributed by atoms with E-state index in [4.69, 9.17) is 27.9 Å². The first-order valence-corrected chi connectivity index (χ1v) is 10.4. The second-order valence-electron chi connectivity index (χ2n) is 6.40. The third kappa shape index (κ3) is 6.13. The number of nitrogens with one attached hydrogen (secondary N) is 2. The molecular weight excluding hydrogens is 475 g/mol. The van der Waals surface area contributed by atoms with Crippen LogP contribution in [0.25, 0.3) is 0 Å². The fourth-order valence-corrected chi connectivity index (χ4v) is 3.51. The summed E-state index contributed by atoms with van der Waals surface area (Å²) in [7, 11) is 0. The Bertz CT molecular complexity index is 1030. The molecular formula is C22H19BrCl2N2O2. The van der Waals surface area contributed by atoms with Crippen LogP contribution in [0.15, 0.2) is 65.1 Å². The maximum absolute atomic E-state index is 12.1.